The van der Waals surface area contributed by atoms with Gasteiger partial charge in [0.15, 0.2) is 0 Å². The molecule has 1 heterocycles. The molecule has 0 saturated carbocycles. The number of benzene rings is 1. The molecule has 0 bridgehead atoms. The SMILES string of the molecule is CN(C)C(C)(C)CNC1CCOc2ccccc21. The van der Waals surface area contributed by atoms with Gasteiger partial charge in [-0.1, -0.05) is 18.2 Å². The zero-order chi connectivity index (χ0) is 13.2. The average molecular weight is 248 g/mol. The maximum atomic E-state index is 5.68. The Kier molecular flexibility index (Phi) is 3.93. The molecule has 0 radical (unpaired) electrons. The number of rotatable bonds is 4. The number of hydrogen-bond acceptors (Lipinski definition) is 3. The van der Waals surface area contributed by atoms with Gasteiger partial charge < -0.3 is 15.0 Å². The highest BCUT2D eigenvalue weighted by Crippen LogP contribution is 2.31. The number of fused-ring (bicyclic) bond motifs is 1. The minimum atomic E-state index is 0.160. The van der Waals surface area contributed by atoms with Gasteiger partial charge in [0, 0.05) is 30.1 Å². The fraction of sp³-hybridized carbons (Fsp3) is 0.600. The number of likely N-dealkylation sites (N-methyl/N-ethyl adjacent to an activating group) is 1. The minimum Gasteiger partial charge on any atom is -0.493 e. The van der Waals surface area contributed by atoms with Crippen molar-refractivity contribution in [3.8, 4) is 5.75 Å². The van der Waals surface area contributed by atoms with Gasteiger partial charge in [0.1, 0.15) is 5.75 Å². The molecule has 1 N–H and O–H groups in total. The summed E-state index contributed by atoms with van der Waals surface area (Å²) in [4.78, 5) is 2.26. The van der Waals surface area contributed by atoms with Crippen LogP contribution in [0, 0.1) is 0 Å². The number of nitrogens with zero attached hydrogens (tertiary/aromatic N) is 1. The summed E-state index contributed by atoms with van der Waals surface area (Å²) >= 11 is 0. The standard InChI is InChI=1S/C15H24N2O/c1-15(2,17(3)4)11-16-13-9-10-18-14-8-6-5-7-12(13)14/h5-8,13,16H,9-11H2,1-4H3. The van der Waals surface area contributed by atoms with Crippen LogP contribution in [0.4, 0.5) is 0 Å². The van der Waals surface area contributed by atoms with E-state index in [4.69, 9.17) is 4.74 Å². The van der Waals surface area contributed by atoms with Gasteiger partial charge >= 0.3 is 0 Å². The van der Waals surface area contributed by atoms with Gasteiger partial charge in [-0.05, 0) is 34.0 Å². The Morgan fingerprint density at radius 2 is 2.06 bits per heavy atom. The average Bonchev–Trinajstić information content (AvgIpc) is 2.36. The Balaban J connectivity index is 2.04. The molecule has 18 heavy (non-hydrogen) atoms. The van der Waals surface area contributed by atoms with Crippen molar-refractivity contribution in [2.24, 2.45) is 0 Å². The smallest absolute Gasteiger partial charge is 0.124 e. The van der Waals surface area contributed by atoms with E-state index in [2.05, 4.69) is 56.4 Å². The molecule has 1 aromatic carbocycles. The summed E-state index contributed by atoms with van der Waals surface area (Å²) in [6.07, 6.45) is 1.04. The van der Waals surface area contributed by atoms with Crippen LogP contribution >= 0.6 is 0 Å². The van der Waals surface area contributed by atoms with E-state index in [-0.39, 0.29) is 5.54 Å². The van der Waals surface area contributed by atoms with Crippen LogP contribution in [0.2, 0.25) is 0 Å². The highest BCUT2D eigenvalue weighted by molar-refractivity contribution is 5.37. The van der Waals surface area contributed by atoms with E-state index < -0.39 is 0 Å². The molecule has 100 valence electrons. The lowest BCUT2D eigenvalue weighted by Gasteiger charge is -2.35. The lowest BCUT2D eigenvalue weighted by atomic mass is 9.98. The summed E-state index contributed by atoms with van der Waals surface area (Å²) in [5.74, 6) is 1.03. The van der Waals surface area contributed by atoms with Crippen LogP contribution in [-0.4, -0.2) is 37.7 Å². The molecule has 1 unspecified atom stereocenters. The van der Waals surface area contributed by atoms with E-state index >= 15 is 0 Å². The summed E-state index contributed by atoms with van der Waals surface area (Å²) in [6, 6.07) is 8.74. The van der Waals surface area contributed by atoms with Crippen molar-refractivity contribution in [2.45, 2.75) is 31.8 Å². The largest absolute Gasteiger partial charge is 0.493 e. The minimum absolute atomic E-state index is 0.160. The zero-order valence-corrected chi connectivity index (χ0v) is 11.9. The summed E-state index contributed by atoms with van der Waals surface area (Å²) < 4.78 is 5.68. The van der Waals surface area contributed by atoms with Crippen LogP contribution in [0.1, 0.15) is 31.9 Å². The molecule has 0 aromatic heterocycles. The maximum Gasteiger partial charge on any atom is 0.124 e. The van der Waals surface area contributed by atoms with Crippen molar-refractivity contribution in [3.05, 3.63) is 29.8 Å². The van der Waals surface area contributed by atoms with Crippen molar-refractivity contribution in [1.82, 2.24) is 10.2 Å². The summed E-state index contributed by atoms with van der Waals surface area (Å²) in [5, 5.41) is 3.68. The zero-order valence-electron chi connectivity index (χ0n) is 11.9. The van der Waals surface area contributed by atoms with Crippen LogP contribution in [0.3, 0.4) is 0 Å². The quantitative estimate of drug-likeness (QED) is 0.885. The summed E-state index contributed by atoms with van der Waals surface area (Å²) in [5.41, 5.74) is 1.45. The molecule has 1 aromatic rings. The molecular formula is C15H24N2O. The fourth-order valence-electron chi connectivity index (χ4n) is 2.09. The van der Waals surface area contributed by atoms with Gasteiger partial charge in [0.05, 0.1) is 6.61 Å². The van der Waals surface area contributed by atoms with E-state index in [0.29, 0.717) is 6.04 Å². The van der Waals surface area contributed by atoms with Crippen LogP contribution in [0.25, 0.3) is 0 Å². The second kappa shape index (κ2) is 5.29. The predicted octanol–water partition coefficient (Wildman–Crippen LogP) is 2.44. The Morgan fingerprint density at radius 1 is 1.33 bits per heavy atom. The molecule has 3 heteroatoms. The lowest BCUT2D eigenvalue weighted by molar-refractivity contribution is 0.174. The van der Waals surface area contributed by atoms with Gasteiger partial charge in [0.25, 0.3) is 0 Å². The molecule has 3 nitrogen and oxygen atoms in total. The first-order chi connectivity index (χ1) is 8.50. The van der Waals surface area contributed by atoms with Crippen molar-refractivity contribution in [3.63, 3.8) is 0 Å². The first-order valence-corrected chi connectivity index (χ1v) is 6.63. The third-order valence-corrected chi connectivity index (χ3v) is 3.95. The predicted molar refractivity (Wildman–Crippen MR) is 75.1 cm³/mol. The van der Waals surface area contributed by atoms with Gasteiger partial charge in [0.2, 0.25) is 0 Å². The number of nitrogens with one attached hydrogen (secondary N) is 1. The summed E-state index contributed by atoms with van der Waals surface area (Å²) in [6.45, 7) is 6.28. The highest BCUT2D eigenvalue weighted by Gasteiger charge is 2.25. The Morgan fingerprint density at radius 3 is 2.78 bits per heavy atom. The van der Waals surface area contributed by atoms with E-state index in [0.717, 1.165) is 25.3 Å². The Hall–Kier alpha value is -1.06. The second-order valence-corrected chi connectivity index (χ2v) is 5.82. The second-order valence-electron chi connectivity index (χ2n) is 5.82. The Bertz CT molecular complexity index is 401. The third kappa shape index (κ3) is 2.85. The molecule has 0 aliphatic carbocycles. The van der Waals surface area contributed by atoms with E-state index in [9.17, 15) is 0 Å². The van der Waals surface area contributed by atoms with Crippen molar-refractivity contribution in [2.75, 3.05) is 27.2 Å². The first-order valence-electron chi connectivity index (χ1n) is 6.63. The highest BCUT2D eigenvalue weighted by atomic mass is 16.5. The summed E-state index contributed by atoms with van der Waals surface area (Å²) in [7, 11) is 4.25. The van der Waals surface area contributed by atoms with Crippen LogP contribution in [0.5, 0.6) is 5.75 Å². The lowest BCUT2D eigenvalue weighted by Crippen LogP contribution is -2.47. The normalized spacial score (nSPS) is 19.5. The molecule has 1 aliphatic rings. The third-order valence-electron chi connectivity index (χ3n) is 3.95. The van der Waals surface area contributed by atoms with Crippen LogP contribution in [-0.2, 0) is 0 Å². The molecule has 1 atom stereocenters. The Labute approximate surface area is 110 Å². The van der Waals surface area contributed by atoms with Crippen molar-refractivity contribution < 1.29 is 4.74 Å². The van der Waals surface area contributed by atoms with E-state index in [1.807, 2.05) is 6.07 Å². The number of ether oxygens (including phenoxy) is 1. The molecule has 2 rings (SSSR count). The van der Waals surface area contributed by atoms with Crippen LogP contribution < -0.4 is 10.1 Å². The molecular weight excluding hydrogens is 224 g/mol. The van der Waals surface area contributed by atoms with Crippen molar-refractivity contribution in [1.29, 1.82) is 0 Å². The topological polar surface area (TPSA) is 24.5 Å². The van der Waals surface area contributed by atoms with E-state index in [1.165, 1.54) is 5.56 Å². The van der Waals surface area contributed by atoms with Crippen LogP contribution in [0.15, 0.2) is 24.3 Å². The maximum absolute atomic E-state index is 5.68. The number of para-hydroxylation sites is 1. The first kappa shape index (κ1) is 13.4. The monoisotopic (exact) mass is 248 g/mol. The molecule has 0 saturated heterocycles. The van der Waals surface area contributed by atoms with Crippen molar-refractivity contribution >= 4 is 0 Å². The molecule has 0 fully saturated rings. The fourth-order valence-corrected chi connectivity index (χ4v) is 2.09. The van der Waals surface area contributed by atoms with Gasteiger partial charge in [-0.3, -0.25) is 0 Å². The molecule has 0 spiro atoms. The number of hydrogen-bond donors (Lipinski definition) is 1. The van der Waals surface area contributed by atoms with Gasteiger partial charge in [-0.25, -0.2) is 0 Å². The van der Waals surface area contributed by atoms with Gasteiger partial charge in [-0.2, -0.15) is 0 Å². The molecule has 0 amide bonds. The molecule has 1 aliphatic heterocycles. The van der Waals surface area contributed by atoms with Gasteiger partial charge in [-0.15, -0.1) is 0 Å². The van der Waals surface area contributed by atoms with E-state index in [1.54, 1.807) is 0 Å².